The number of amides is 1. The van der Waals surface area contributed by atoms with Gasteiger partial charge in [0.2, 0.25) is 0 Å². The molecule has 0 saturated heterocycles. The molecule has 2 heterocycles. The van der Waals surface area contributed by atoms with Crippen molar-refractivity contribution in [2.75, 3.05) is 16.8 Å². The Hall–Kier alpha value is -3.28. The minimum atomic E-state index is -3.11. The molecule has 1 aromatic heterocycles. The average molecular weight is 506 g/mol. The van der Waals surface area contributed by atoms with Crippen LogP contribution in [0.2, 0.25) is 0 Å². The van der Waals surface area contributed by atoms with E-state index in [1.54, 1.807) is 0 Å². The molecule has 0 aliphatic carbocycles. The standard InChI is InChI=1S/C31H37F2N3O/c1-7-15-36-27-16-22(10-12-25(27)21(4)19-30(36,5)8-2)26-18-24(11-9-20(26)3)35-29(37)23-13-14-34-28(17-23)31(6,32)33/h9-14,16-18,21H,7-8,15,19H2,1-6H3,(H,35,37). The fourth-order valence-electron chi connectivity index (χ4n) is 5.51. The van der Waals surface area contributed by atoms with Gasteiger partial charge in [-0.2, -0.15) is 8.78 Å². The van der Waals surface area contributed by atoms with E-state index >= 15 is 0 Å². The molecule has 0 fully saturated rings. The second-order valence-electron chi connectivity index (χ2n) is 10.7. The van der Waals surface area contributed by atoms with Crippen LogP contribution in [0.5, 0.6) is 0 Å². The van der Waals surface area contributed by atoms with Gasteiger partial charge in [0.1, 0.15) is 5.69 Å². The number of fused-ring (bicyclic) bond motifs is 1. The highest BCUT2D eigenvalue weighted by molar-refractivity contribution is 6.04. The third-order valence-electron chi connectivity index (χ3n) is 7.74. The van der Waals surface area contributed by atoms with Crippen molar-refractivity contribution in [2.45, 2.75) is 78.2 Å². The molecule has 1 amide bonds. The van der Waals surface area contributed by atoms with Gasteiger partial charge in [-0.1, -0.05) is 39.0 Å². The lowest BCUT2D eigenvalue weighted by molar-refractivity contribution is 0.0127. The lowest BCUT2D eigenvalue weighted by atomic mass is 9.77. The SMILES string of the molecule is CCCN1c2cc(-c3cc(NC(=O)c4ccnc(C(C)(F)F)c4)ccc3C)ccc2C(C)CC1(C)CC. The van der Waals surface area contributed by atoms with Gasteiger partial charge in [-0.3, -0.25) is 9.78 Å². The molecule has 37 heavy (non-hydrogen) atoms. The van der Waals surface area contributed by atoms with Crippen LogP contribution in [0.1, 0.15) is 87.0 Å². The quantitative estimate of drug-likeness (QED) is 0.351. The number of rotatable bonds is 7. The number of hydrogen-bond donors (Lipinski definition) is 1. The van der Waals surface area contributed by atoms with Crippen LogP contribution >= 0.6 is 0 Å². The van der Waals surface area contributed by atoms with Gasteiger partial charge in [-0.15, -0.1) is 0 Å². The van der Waals surface area contributed by atoms with Crippen LogP contribution in [-0.4, -0.2) is 23.0 Å². The maximum absolute atomic E-state index is 13.7. The van der Waals surface area contributed by atoms with E-state index in [1.165, 1.54) is 23.5 Å². The van der Waals surface area contributed by atoms with E-state index in [0.29, 0.717) is 11.6 Å². The maximum atomic E-state index is 13.7. The van der Waals surface area contributed by atoms with Crippen LogP contribution < -0.4 is 10.2 Å². The Labute approximate surface area is 219 Å². The molecule has 2 unspecified atom stereocenters. The fourth-order valence-corrected chi connectivity index (χ4v) is 5.51. The first-order chi connectivity index (χ1) is 17.5. The first-order valence-electron chi connectivity index (χ1n) is 13.1. The van der Waals surface area contributed by atoms with E-state index in [1.807, 2.05) is 18.2 Å². The highest BCUT2D eigenvalue weighted by Crippen LogP contribution is 2.46. The molecule has 6 heteroatoms. The monoisotopic (exact) mass is 505 g/mol. The fraction of sp³-hybridized carbons (Fsp3) is 0.419. The van der Waals surface area contributed by atoms with Gasteiger partial charge in [0.15, 0.2) is 0 Å². The number of benzene rings is 2. The minimum absolute atomic E-state index is 0.116. The number of carbonyl (C=O) groups is 1. The number of halogens is 2. The predicted molar refractivity (Wildman–Crippen MR) is 148 cm³/mol. The highest BCUT2D eigenvalue weighted by atomic mass is 19.3. The number of nitrogens with one attached hydrogen (secondary N) is 1. The number of aryl methyl sites for hydroxylation is 1. The predicted octanol–water partition coefficient (Wildman–Crippen LogP) is 8.31. The number of alkyl halides is 2. The second kappa shape index (κ2) is 10.2. The molecule has 3 aromatic rings. The zero-order valence-corrected chi connectivity index (χ0v) is 22.7. The lowest BCUT2D eigenvalue weighted by Crippen LogP contribution is -2.50. The van der Waals surface area contributed by atoms with Gasteiger partial charge in [0.05, 0.1) is 0 Å². The van der Waals surface area contributed by atoms with Crippen LogP contribution in [0.25, 0.3) is 11.1 Å². The van der Waals surface area contributed by atoms with Crippen LogP contribution in [0.3, 0.4) is 0 Å². The number of carbonyl (C=O) groups excluding carboxylic acids is 1. The van der Waals surface area contributed by atoms with Gasteiger partial charge in [0.25, 0.3) is 11.8 Å². The third-order valence-corrected chi connectivity index (χ3v) is 7.74. The van der Waals surface area contributed by atoms with Crippen molar-refractivity contribution in [1.82, 2.24) is 4.98 Å². The molecule has 1 aliphatic heterocycles. The lowest BCUT2D eigenvalue weighted by Gasteiger charge is -2.49. The summed E-state index contributed by atoms with van der Waals surface area (Å²) < 4.78 is 27.4. The summed E-state index contributed by atoms with van der Waals surface area (Å²) >= 11 is 0. The molecule has 1 aliphatic rings. The molecule has 1 N–H and O–H groups in total. The van der Waals surface area contributed by atoms with Crippen molar-refractivity contribution in [3.8, 4) is 11.1 Å². The van der Waals surface area contributed by atoms with E-state index in [2.05, 4.69) is 68.0 Å². The summed E-state index contributed by atoms with van der Waals surface area (Å²) in [7, 11) is 0. The Bertz CT molecular complexity index is 1300. The van der Waals surface area contributed by atoms with Gasteiger partial charge < -0.3 is 10.2 Å². The van der Waals surface area contributed by atoms with E-state index < -0.39 is 17.5 Å². The first kappa shape index (κ1) is 26.8. The molecule has 0 saturated carbocycles. The van der Waals surface area contributed by atoms with Crippen molar-refractivity contribution in [1.29, 1.82) is 0 Å². The summed E-state index contributed by atoms with van der Waals surface area (Å²) in [6.45, 7) is 13.0. The van der Waals surface area contributed by atoms with Crippen molar-refractivity contribution < 1.29 is 13.6 Å². The number of hydrogen-bond acceptors (Lipinski definition) is 3. The molecule has 196 valence electrons. The summed E-state index contributed by atoms with van der Waals surface area (Å²) in [6, 6.07) is 15.1. The van der Waals surface area contributed by atoms with E-state index in [-0.39, 0.29) is 11.1 Å². The van der Waals surface area contributed by atoms with E-state index in [9.17, 15) is 13.6 Å². The van der Waals surface area contributed by atoms with Gasteiger partial charge in [-0.05, 0) is 91.6 Å². The Morgan fingerprint density at radius 2 is 1.92 bits per heavy atom. The van der Waals surface area contributed by atoms with Crippen LogP contribution in [0.4, 0.5) is 20.2 Å². The molecular weight excluding hydrogens is 468 g/mol. The Kier molecular flexibility index (Phi) is 7.40. The maximum Gasteiger partial charge on any atom is 0.286 e. The first-order valence-corrected chi connectivity index (χ1v) is 13.1. The Morgan fingerprint density at radius 3 is 2.59 bits per heavy atom. The van der Waals surface area contributed by atoms with Crippen molar-refractivity contribution in [2.24, 2.45) is 0 Å². The summed E-state index contributed by atoms with van der Waals surface area (Å²) in [5.74, 6) is -3.08. The summed E-state index contributed by atoms with van der Waals surface area (Å²) in [6.07, 6.45) is 4.54. The summed E-state index contributed by atoms with van der Waals surface area (Å²) in [5.41, 5.74) is 6.34. The van der Waals surface area contributed by atoms with Crippen molar-refractivity contribution in [3.63, 3.8) is 0 Å². The molecule has 4 nitrogen and oxygen atoms in total. The van der Waals surface area contributed by atoms with Gasteiger partial charge >= 0.3 is 0 Å². The van der Waals surface area contributed by atoms with Crippen molar-refractivity contribution >= 4 is 17.3 Å². The zero-order valence-electron chi connectivity index (χ0n) is 22.7. The van der Waals surface area contributed by atoms with E-state index in [0.717, 1.165) is 55.5 Å². The smallest absolute Gasteiger partial charge is 0.286 e. The molecule has 4 rings (SSSR count). The van der Waals surface area contributed by atoms with Gasteiger partial charge in [-0.25, -0.2) is 0 Å². The molecular formula is C31H37F2N3O. The Morgan fingerprint density at radius 1 is 1.16 bits per heavy atom. The summed E-state index contributed by atoms with van der Waals surface area (Å²) in [4.78, 5) is 19.2. The molecule has 0 radical (unpaired) electrons. The molecule has 2 aromatic carbocycles. The van der Waals surface area contributed by atoms with Gasteiger partial charge in [0, 0.05) is 42.1 Å². The minimum Gasteiger partial charge on any atom is -0.366 e. The van der Waals surface area contributed by atoms with Crippen molar-refractivity contribution in [3.05, 3.63) is 77.1 Å². The molecule has 0 spiro atoms. The molecule has 2 atom stereocenters. The van der Waals surface area contributed by atoms with Crippen LogP contribution in [0.15, 0.2) is 54.7 Å². The number of aromatic nitrogens is 1. The normalized spacial score (nSPS) is 19.5. The highest BCUT2D eigenvalue weighted by Gasteiger charge is 2.38. The largest absolute Gasteiger partial charge is 0.366 e. The summed E-state index contributed by atoms with van der Waals surface area (Å²) in [5, 5.41) is 2.87. The topological polar surface area (TPSA) is 45.2 Å². The number of anilines is 2. The van der Waals surface area contributed by atoms with Crippen LogP contribution in [0, 0.1) is 6.92 Å². The molecule has 0 bridgehead atoms. The zero-order chi connectivity index (χ0) is 27.0. The Balaban J connectivity index is 1.68. The van der Waals surface area contributed by atoms with E-state index in [4.69, 9.17) is 0 Å². The number of nitrogens with zero attached hydrogens (tertiary/aromatic N) is 2. The average Bonchev–Trinajstić information content (AvgIpc) is 2.87. The second-order valence-corrected chi connectivity index (χ2v) is 10.7. The number of pyridine rings is 1. The third kappa shape index (κ3) is 5.39. The van der Waals surface area contributed by atoms with Crippen LogP contribution in [-0.2, 0) is 5.92 Å².